The molecule has 0 aliphatic rings. The number of amides is 1. The number of benzene rings is 3. The van der Waals surface area contributed by atoms with Crippen molar-refractivity contribution in [1.29, 1.82) is 0 Å². The van der Waals surface area contributed by atoms with E-state index in [0.717, 1.165) is 31.2 Å². The van der Waals surface area contributed by atoms with Crippen LogP contribution in [-0.4, -0.2) is 6.09 Å². The van der Waals surface area contributed by atoms with Crippen molar-refractivity contribution in [3.8, 4) is 11.5 Å². The third-order valence-corrected chi connectivity index (χ3v) is 4.96. The molecule has 4 nitrogen and oxygen atoms in total. The standard InChI is InChI=1S/C25H22F5NO3/c1-2-3-4-5-15-8-12-18(13-9-15)34-25(32)31-17-10-6-16(7-11-17)14-33-24-22(29)20(27)19(26)21(28)23(24)30/h6-13H,2-5,14H2,1H3,(H,31,32). The van der Waals surface area contributed by atoms with Crippen LogP contribution >= 0.6 is 0 Å². The van der Waals surface area contributed by atoms with Gasteiger partial charge in [0.1, 0.15) is 12.4 Å². The number of hydrogen-bond acceptors (Lipinski definition) is 3. The molecule has 3 aromatic rings. The average molecular weight is 479 g/mol. The summed E-state index contributed by atoms with van der Waals surface area (Å²) >= 11 is 0. The molecule has 0 spiro atoms. The van der Waals surface area contributed by atoms with Crippen molar-refractivity contribution in [2.24, 2.45) is 0 Å². The van der Waals surface area contributed by atoms with Crippen molar-refractivity contribution in [2.75, 3.05) is 5.32 Å². The molecule has 0 atom stereocenters. The zero-order valence-electron chi connectivity index (χ0n) is 18.3. The van der Waals surface area contributed by atoms with Crippen LogP contribution in [0, 0.1) is 29.1 Å². The molecule has 0 aliphatic heterocycles. The second-order valence-corrected chi connectivity index (χ2v) is 7.50. The van der Waals surface area contributed by atoms with E-state index < -0.39 is 47.5 Å². The van der Waals surface area contributed by atoms with Crippen molar-refractivity contribution >= 4 is 11.8 Å². The summed E-state index contributed by atoms with van der Waals surface area (Å²) in [4.78, 5) is 12.1. The van der Waals surface area contributed by atoms with Crippen LogP contribution in [0.2, 0.25) is 0 Å². The Morgan fingerprint density at radius 1 is 0.765 bits per heavy atom. The molecule has 3 aromatic carbocycles. The highest BCUT2D eigenvalue weighted by atomic mass is 19.2. The Labute approximate surface area is 193 Å². The molecule has 0 saturated carbocycles. The Kier molecular flexibility index (Phi) is 8.45. The lowest BCUT2D eigenvalue weighted by atomic mass is 10.1. The molecule has 0 unspecified atom stereocenters. The van der Waals surface area contributed by atoms with Gasteiger partial charge < -0.3 is 9.47 Å². The summed E-state index contributed by atoms with van der Waals surface area (Å²) in [5.74, 6) is -11.5. The maximum atomic E-state index is 13.7. The van der Waals surface area contributed by atoms with Crippen LogP contribution in [0.3, 0.4) is 0 Å². The van der Waals surface area contributed by atoms with E-state index in [1.807, 2.05) is 12.1 Å². The van der Waals surface area contributed by atoms with E-state index in [9.17, 15) is 26.7 Å². The lowest BCUT2D eigenvalue weighted by molar-refractivity contribution is 0.215. The fraction of sp³-hybridized carbons (Fsp3) is 0.240. The Morgan fingerprint density at radius 3 is 1.91 bits per heavy atom. The van der Waals surface area contributed by atoms with Gasteiger partial charge in [-0.3, -0.25) is 5.32 Å². The van der Waals surface area contributed by atoms with Gasteiger partial charge in [-0.2, -0.15) is 8.78 Å². The predicted octanol–water partition coefficient (Wildman–Crippen LogP) is 7.30. The maximum Gasteiger partial charge on any atom is 0.417 e. The van der Waals surface area contributed by atoms with Gasteiger partial charge in [0.15, 0.2) is 5.75 Å². The highest BCUT2D eigenvalue weighted by Crippen LogP contribution is 2.29. The molecule has 9 heteroatoms. The lowest BCUT2D eigenvalue weighted by Crippen LogP contribution is -2.16. The van der Waals surface area contributed by atoms with E-state index in [1.54, 1.807) is 12.1 Å². The van der Waals surface area contributed by atoms with Crippen LogP contribution in [-0.2, 0) is 13.0 Å². The monoisotopic (exact) mass is 479 g/mol. The minimum Gasteiger partial charge on any atom is -0.483 e. The number of nitrogens with one attached hydrogen (secondary N) is 1. The summed E-state index contributed by atoms with van der Waals surface area (Å²) in [7, 11) is 0. The summed E-state index contributed by atoms with van der Waals surface area (Å²) in [6.07, 6.45) is 3.63. The predicted molar refractivity (Wildman–Crippen MR) is 116 cm³/mol. The number of unbranched alkanes of at least 4 members (excludes halogenated alkanes) is 2. The molecule has 0 aromatic heterocycles. The van der Waals surface area contributed by atoms with Crippen LogP contribution in [0.25, 0.3) is 0 Å². The van der Waals surface area contributed by atoms with Gasteiger partial charge in [0.05, 0.1) is 0 Å². The fourth-order valence-electron chi connectivity index (χ4n) is 3.10. The third-order valence-electron chi connectivity index (χ3n) is 4.96. The van der Waals surface area contributed by atoms with Crippen molar-refractivity contribution < 1.29 is 36.2 Å². The lowest BCUT2D eigenvalue weighted by Gasteiger charge is -2.11. The van der Waals surface area contributed by atoms with E-state index in [2.05, 4.69) is 12.2 Å². The van der Waals surface area contributed by atoms with E-state index in [1.165, 1.54) is 24.3 Å². The average Bonchev–Trinajstić information content (AvgIpc) is 2.83. The Morgan fingerprint density at radius 2 is 1.32 bits per heavy atom. The van der Waals surface area contributed by atoms with Crippen LogP contribution in [0.5, 0.6) is 11.5 Å². The smallest absolute Gasteiger partial charge is 0.417 e. The quantitative estimate of drug-likeness (QED) is 0.152. The maximum absolute atomic E-state index is 13.7. The van der Waals surface area contributed by atoms with Crippen molar-refractivity contribution in [1.82, 2.24) is 0 Å². The SMILES string of the molecule is CCCCCc1ccc(OC(=O)Nc2ccc(COc3c(F)c(F)c(F)c(F)c3F)cc2)cc1. The molecule has 0 aliphatic carbocycles. The topological polar surface area (TPSA) is 47.6 Å². The van der Waals surface area contributed by atoms with Crippen molar-refractivity contribution in [2.45, 2.75) is 39.2 Å². The molecule has 34 heavy (non-hydrogen) atoms. The second-order valence-electron chi connectivity index (χ2n) is 7.50. The molecule has 0 bridgehead atoms. The van der Waals surface area contributed by atoms with Gasteiger partial charge in [-0.15, -0.1) is 0 Å². The van der Waals surface area contributed by atoms with E-state index in [4.69, 9.17) is 9.47 Å². The van der Waals surface area contributed by atoms with Crippen LogP contribution in [0.1, 0.15) is 37.3 Å². The number of carbonyl (C=O) groups is 1. The number of ether oxygens (including phenoxy) is 2. The first-order chi connectivity index (χ1) is 16.3. The van der Waals surface area contributed by atoms with Crippen LogP contribution in [0.15, 0.2) is 48.5 Å². The minimum absolute atomic E-state index is 0.362. The summed E-state index contributed by atoms with van der Waals surface area (Å²) in [5.41, 5.74) is 1.88. The molecule has 0 fully saturated rings. The van der Waals surface area contributed by atoms with Crippen LogP contribution in [0.4, 0.5) is 32.4 Å². The first-order valence-corrected chi connectivity index (χ1v) is 10.6. The molecule has 0 heterocycles. The Bertz CT molecular complexity index is 1110. The zero-order valence-corrected chi connectivity index (χ0v) is 18.3. The van der Waals surface area contributed by atoms with E-state index >= 15 is 0 Å². The Balaban J connectivity index is 1.53. The van der Waals surface area contributed by atoms with Crippen LogP contribution < -0.4 is 14.8 Å². The first kappa shape index (κ1) is 25.0. The number of halogens is 5. The minimum atomic E-state index is -2.26. The van der Waals surface area contributed by atoms with Gasteiger partial charge in [-0.1, -0.05) is 44.0 Å². The van der Waals surface area contributed by atoms with Gasteiger partial charge in [0.2, 0.25) is 29.1 Å². The highest BCUT2D eigenvalue weighted by molar-refractivity contribution is 5.86. The second kappa shape index (κ2) is 11.5. The summed E-state index contributed by atoms with van der Waals surface area (Å²) in [6, 6.07) is 13.1. The largest absolute Gasteiger partial charge is 0.483 e. The van der Waals surface area contributed by atoms with Gasteiger partial charge in [-0.05, 0) is 48.2 Å². The summed E-state index contributed by atoms with van der Waals surface area (Å²) in [5, 5.41) is 2.52. The Hall–Kier alpha value is -3.62. The molecule has 3 rings (SSSR count). The van der Waals surface area contributed by atoms with Gasteiger partial charge in [0, 0.05) is 5.69 Å². The zero-order chi connectivity index (χ0) is 24.7. The third kappa shape index (κ3) is 6.24. The molecular weight excluding hydrogens is 457 g/mol. The van der Waals surface area contributed by atoms with Gasteiger partial charge in [-0.25, -0.2) is 18.0 Å². The van der Waals surface area contributed by atoms with E-state index in [0.29, 0.717) is 17.0 Å². The first-order valence-electron chi connectivity index (χ1n) is 10.6. The van der Waals surface area contributed by atoms with E-state index in [-0.39, 0.29) is 0 Å². The molecule has 0 radical (unpaired) electrons. The van der Waals surface area contributed by atoms with Crippen molar-refractivity contribution in [3.05, 3.63) is 88.7 Å². The molecular formula is C25H22F5NO3. The number of rotatable bonds is 9. The fourth-order valence-corrected chi connectivity index (χ4v) is 3.10. The normalized spacial score (nSPS) is 10.8. The molecule has 1 amide bonds. The molecule has 0 saturated heterocycles. The molecule has 180 valence electrons. The highest BCUT2D eigenvalue weighted by Gasteiger charge is 2.27. The van der Waals surface area contributed by atoms with Gasteiger partial charge in [0.25, 0.3) is 0 Å². The number of carbonyl (C=O) groups excluding carboxylic acids is 1. The summed E-state index contributed by atoms with van der Waals surface area (Å²) in [6.45, 7) is 1.67. The van der Waals surface area contributed by atoms with Gasteiger partial charge >= 0.3 is 6.09 Å². The number of aryl methyl sites for hydroxylation is 1. The number of hydrogen-bond donors (Lipinski definition) is 1. The van der Waals surface area contributed by atoms with Crippen molar-refractivity contribution in [3.63, 3.8) is 0 Å². The molecule has 1 N–H and O–H groups in total. The number of anilines is 1. The summed E-state index contributed by atoms with van der Waals surface area (Å²) < 4.78 is 77.0.